The Balaban J connectivity index is 1.72. The Bertz CT molecular complexity index is 514. The number of ether oxygens (including phenoxy) is 2. The van der Waals surface area contributed by atoms with Crippen molar-refractivity contribution < 1.29 is 14.3 Å². The molecule has 0 bridgehead atoms. The summed E-state index contributed by atoms with van der Waals surface area (Å²) in [7, 11) is 0. The molecule has 1 heterocycles. The molecule has 5 nitrogen and oxygen atoms in total. The van der Waals surface area contributed by atoms with Gasteiger partial charge in [0.2, 0.25) is 0 Å². The van der Waals surface area contributed by atoms with E-state index in [0.29, 0.717) is 12.3 Å². The summed E-state index contributed by atoms with van der Waals surface area (Å²) in [6.07, 6.45) is 1.49. The summed E-state index contributed by atoms with van der Waals surface area (Å²) >= 11 is 3.34. The standard InChI is InChI=1S/C12H11BrN2O3/c13-9-2-1-3-10(8-9)17-6-7-18-12(16)11-4-5-14-15-11/h1-5,8H,6-7H2,(H,14,15). The maximum atomic E-state index is 11.4. The Hall–Kier alpha value is -1.82. The molecule has 0 aliphatic heterocycles. The topological polar surface area (TPSA) is 64.2 Å². The third-order valence-corrected chi connectivity index (χ3v) is 2.60. The van der Waals surface area contributed by atoms with E-state index in [1.807, 2.05) is 24.3 Å². The number of nitrogens with zero attached hydrogens (tertiary/aromatic N) is 1. The van der Waals surface area contributed by atoms with Crippen LogP contribution in [0.15, 0.2) is 41.0 Å². The Labute approximate surface area is 112 Å². The van der Waals surface area contributed by atoms with Crippen LogP contribution in [0.1, 0.15) is 10.5 Å². The predicted octanol–water partition coefficient (Wildman–Crippen LogP) is 2.41. The van der Waals surface area contributed by atoms with Crippen LogP contribution in [0.3, 0.4) is 0 Å². The van der Waals surface area contributed by atoms with Crippen LogP contribution >= 0.6 is 15.9 Å². The fourth-order valence-corrected chi connectivity index (χ4v) is 1.68. The SMILES string of the molecule is O=C(OCCOc1cccc(Br)c1)c1ccn[nH]1. The molecule has 0 atom stereocenters. The maximum absolute atomic E-state index is 11.4. The average Bonchev–Trinajstić information content (AvgIpc) is 2.88. The van der Waals surface area contributed by atoms with Crippen LogP contribution in [0.2, 0.25) is 0 Å². The van der Waals surface area contributed by atoms with E-state index in [1.54, 1.807) is 6.07 Å². The van der Waals surface area contributed by atoms with Crippen molar-refractivity contribution in [2.45, 2.75) is 0 Å². The van der Waals surface area contributed by atoms with Gasteiger partial charge in [-0.15, -0.1) is 0 Å². The van der Waals surface area contributed by atoms with E-state index in [-0.39, 0.29) is 6.61 Å². The van der Waals surface area contributed by atoms with Crippen LogP contribution in [-0.2, 0) is 4.74 Å². The van der Waals surface area contributed by atoms with E-state index in [1.165, 1.54) is 6.20 Å². The van der Waals surface area contributed by atoms with Gasteiger partial charge in [-0.1, -0.05) is 22.0 Å². The van der Waals surface area contributed by atoms with Gasteiger partial charge in [-0.05, 0) is 24.3 Å². The van der Waals surface area contributed by atoms with Crippen molar-refractivity contribution in [1.29, 1.82) is 0 Å². The zero-order chi connectivity index (χ0) is 12.8. The summed E-state index contributed by atoms with van der Waals surface area (Å²) in [5.74, 6) is 0.285. The lowest BCUT2D eigenvalue weighted by Gasteiger charge is -2.06. The molecular formula is C12H11BrN2O3. The van der Waals surface area contributed by atoms with Gasteiger partial charge in [-0.2, -0.15) is 5.10 Å². The van der Waals surface area contributed by atoms with Crippen LogP contribution in [0, 0.1) is 0 Å². The second-order valence-corrected chi connectivity index (χ2v) is 4.33. The van der Waals surface area contributed by atoms with Gasteiger partial charge >= 0.3 is 5.97 Å². The summed E-state index contributed by atoms with van der Waals surface area (Å²) in [5.41, 5.74) is 0.331. The fourth-order valence-electron chi connectivity index (χ4n) is 1.30. The maximum Gasteiger partial charge on any atom is 0.356 e. The molecule has 0 amide bonds. The Morgan fingerprint density at radius 3 is 2.94 bits per heavy atom. The summed E-state index contributed by atoms with van der Waals surface area (Å²) in [6.45, 7) is 0.487. The van der Waals surface area contributed by atoms with E-state index in [2.05, 4.69) is 26.1 Å². The van der Waals surface area contributed by atoms with Crippen molar-refractivity contribution in [2.75, 3.05) is 13.2 Å². The van der Waals surface area contributed by atoms with Crippen molar-refractivity contribution in [3.8, 4) is 5.75 Å². The smallest absolute Gasteiger partial charge is 0.356 e. The molecule has 94 valence electrons. The minimum absolute atomic E-state index is 0.185. The number of hydrogen-bond acceptors (Lipinski definition) is 4. The van der Waals surface area contributed by atoms with Gasteiger partial charge in [-0.25, -0.2) is 4.79 Å². The van der Waals surface area contributed by atoms with Crippen LogP contribution in [0.4, 0.5) is 0 Å². The molecule has 1 aromatic heterocycles. The first-order valence-electron chi connectivity index (χ1n) is 5.30. The van der Waals surface area contributed by atoms with Gasteiger partial charge in [0.05, 0.1) is 0 Å². The van der Waals surface area contributed by atoms with Gasteiger partial charge in [0.1, 0.15) is 24.7 Å². The van der Waals surface area contributed by atoms with Crippen molar-refractivity contribution >= 4 is 21.9 Å². The van der Waals surface area contributed by atoms with Crippen LogP contribution in [-0.4, -0.2) is 29.4 Å². The number of benzene rings is 1. The molecule has 2 aromatic rings. The fraction of sp³-hybridized carbons (Fsp3) is 0.167. The van der Waals surface area contributed by atoms with Crippen LogP contribution < -0.4 is 4.74 Å². The first-order valence-corrected chi connectivity index (χ1v) is 6.10. The van der Waals surface area contributed by atoms with Crippen LogP contribution in [0.25, 0.3) is 0 Å². The number of halogens is 1. The second-order valence-electron chi connectivity index (χ2n) is 3.41. The monoisotopic (exact) mass is 310 g/mol. The van der Waals surface area contributed by atoms with Gasteiger partial charge < -0.3 is 9.47 Å². The summed E-state index contributed by atoms with van der Waals surface area (Å²) in [4.78, 5) is 11.4. The lowest BCUT2D eigenvalue weighted by atomic mass is 10.3. The molecule has 1 aromatic carbocycles. The molecule has 2 rings (SSSR count). The molecule has 0 saturated heterocycles. The van der Waals surface area contributed by atoms with Gasteiger partial charge in [0.25, 0.3) is 0 Å². The van der Waals surface area contributed by atoms with E-state index < -0.39 is 5.97 Å². The molecule has 0 aliphatic rings. The van der Waals surface area contributed by atoms with Gasteiger partial charge in [0.15, 0.2) is 0 Å². The molecule has 6 heteroatoms. The first kappa shape index (κ1) is 12.6. The molecule has 0 fully saturated rings. The molecule has 1 N–H and O–H groups in total. The highest BCUT2D eigenvalue weighted by molar-refractivity contribution is 9.10. The molecule has 0 aliphatic carbocycles. The molecule has 0 unspecified atom stereocenters. The number of esters is 1. The van der Waals surface area contributed by atoms with Crippen molar-refractivity contribution in [3.05, 3.63) is 46.7 Å². The minimum atomic E-state index is -0.439. The molecule has 0 radical (unpaired) electrons. The number of carbonyl (C=O) groups excluding carboxylic acids is 1. The summed E-state index contributed by atoms with van der Waals surface area (Å²) in [5, 5.41) is 6.20. The quantitative estimate of drug-likeness (QED) is 0.680. The lowest BCUT2D eigenvalue weighted by molar-refractivity contribution is 0.0443. The Morgan fingerprint density at radius 1 is 1.33 bits per heavy atom. The van der Waals surface area contributed by atoms with Gasteiger partial charge in [-0.3, -0.25) is 5.10 Å². The number of aromatic nitrogens is 2. The zero-order valence-corrected chi connectivity index (χ0v) is 11.0. The largest absolute Gasteiger partial charge is 0.490 e. The third kappa shape index (κ3) is 3.59. The number of H-pyrrole nitrogens is 1. The van der Waals surface area contributed by atoms with Crippen molar-refractivity contribution in [2.24, 2.45) is 0 Å². The number of hydrogen-bond donors (Lipinski definition) is 1. The number of rotatable bonds is 5. The highest BCUT2D eigenvalue weighted by atomic mass is 79.9. The zero-order valence-electron chi connectivity index (χ0n) is 9.43. The molecule has 18 heavy (non-hydrogen) atoms. The van der Waals surface area contributed by atoms with E-state index in [9.17, 15) is 4.79 Å². The van der Waals surface area contributed by atoms with Crippen molar-refractivity contribution in [1.82, 2.24) is 10.2 Å². The highest BCUT2D eigenvalue weighted by Crippen LogP contribution is 2.17. The normalized spacial score (nSPS) is 10.1. The third-order valence-electron chi connectivity index (χ3n) is 2.10. The van der Waals surface area contributed by atoms with E-state index in [0.717, 1.165) is 10.2 Å². The Kier molecular flexibility index (Phi) is 4.35. The predicted molar refractivity (Wildman–Crippen MR) is 68.5 cm³/mol. The van der Waals surface area contributed by atoms with E-state index in [4.69, 9.17) is 9.47 Å². The minimum Gasteiger partial charge on any atom is -0.490 e. The lowest BCUT2D eigenvalue weighted by Crippen LogP contribution is -2.12. The summed E-state index contributed by atoms with van der Waals surface area (Å²) < 4.78 is 11.4. The number of nitrogens with one attached hydrogen (secondary N) is 1. The van der Waals surface area contributed by atoms with Crippen molar-refractivity contribution in [3.63, 3.8) is 0 Å². The van der Waals surface area contributed by atoms with Crippen LogP contribution in [0.5, 0.6) is 5.75 Å². The highest BCUT2D eigenvalue weighted by Gasteiger charge is 2.07. The molecule has 0 saturated carbocycles. The van der Waals surface area contributed by atoms with E-state index >= 15 is 0 Å². The number of aromatic amines is 1. The average molecular weight is 311 g/mol. The number of carbonyl (C=O) groups is 1. The molecular weight excluding hydrogens is 300 g/mol. The molecule has 0 spiro atoms. The Morgan fingerprint density at radius 2 is 2.22 bits per heavy atom. The summed E-state index contributed by atoms with van der Waals surface area (Å²) in [6, 6.07) is 9.01. The van der Waals surface area contributed by atoms with Gasteiger partial charge in [0, 0.05) is 10.7 Å². The second kappa shape index (κ2) is 6.20. The first-order chi connectivity index (χ1) is 8.75.